The molecule has 21 heavy (non-hydrogen) atoms. The molecule has 3 rings (SSSR count). The van der Waals surface area contributed by atoms with Gasteiger partial charge in [-0.2, -0.15) is 0 Å². The van der Waals surface area contributed by atoms with Crippen LogP contribution in [-0.2, 0) is 4.74 Å². The van der Waals surface area contributed by atoms with Gasteiger partial charge >= 0.3 is 0 Å². The van der Waals surface area contributed by atoms with E-state index in [1.807, 2.05) is 13.8 Å². The van der Waals surface area contributed by atoms with E-state index in [0.29, 0.717) is 25.5 Å². The minimum Gasteiger partial charge on any atom is -0.377 e. The van der Waals surface area contributed by atoms with Crippen LogP contribution in [0, 0.1) is 13.8 Å². The maximum absolute atomic E-state index is 12.6. The highest BCUT2D eigenvalue weighted by atomic mass is 16.5. The van der Waals surface area contributed by atoms with E-state index in [2.05, 4.69) is 19.9 Å². The van der Waals surface area contributed by atoms with Gasteiger partial charge in [0, 0.05) is 24.6 Å². The molecule has 0 bridgehead atoms. The van der Waals surface area contributed by atoms with Gasteiger partial charge in [-0.3, -0.25) is 9.78 Å². The molecule has 1 unspecified atom stereocenters. The van der Waals surface area contributed by atoms with Crippen LogP contribution in [0.25, 0.3) is 0 Å². The van der Waals surface area contributed by atoms with Gasteiger partial charge < -0.3 is 14.6 Å². The molecular weight excluding hydrogens is 270 g/mol. The molecule has 110 valence electrons. The van der Waals surface area contributed by atoms with Crippen molar-refractivity contribution >= 4 is 5.91 Å². The molecule has 7 nitrogen and oxygen atoms in total. The Hall–Kier alpha value is -2.28. The van der Waals surface area contributed by atoms with Gasteiger partial charge in [-0.25, -0.2) is 9.97 Å². The van der Waals surface area contributed by atoms with Crippen LogP contribution >= 0.6 is 0 Å². The first-order valence-corrected chi connectivity index (χ1v) is 6.84. The van der Waals surface area contributed by atoms with Crippen molar-refractivity contribution in [2.75, 3.05) is 19.8 Å². The van der Waals surface area contributed by atoms with E-state index in [1.54, 1.807) is 17.3 Å². The standard InChI is InChI=1S/C14H17N5O2/c1-9-5-16-11(7-15-9)14(20)19-3-4-21-8-12(19)13-17-6-10(2)18-13/h5-7,12H,3-4,8H2,1-2H3,(H,17,18). The molecule has 1 amide bonds. The second-order valence-electron chi connectivity index (χ2n) is 5.08. The van der Waals surface area contributed by atoms with Crippen LogP contribution in [0.2, 0.25) is 0 Å². The molecular formula is C14H17N5O2. The quantitative estimate of drug-likeness (QED) is 0.892. The van der Waals surface area contributed by atoms with Gasteiger partial charge in [-0.1, -0.05) is 0 Å². The number of ether oxygens (including phenoxy) is 1. The molecule has 1 saturated heterocycles. The molecule has 1 fully saturated rings. The minimum atomic E-state index is -0.219. The average molecular weight is 287 g/mol. The fourth-order valence-corrected chi connectivity index (χ4v) is 2.33. The number of aromatic nitrogens is 4. The zero-order chi connectivity index (χ0) is 14.8. The van der Waals surface area contributed by atoms with Crippen molar-refractivity contribution in [1.82, 2.24) is 24.8 Å². The molecule has 1 aliphatic rings. The van der Waals surface area contributed by atoms with Gasteiger partial charge in [-0.05, 0) is 13.8 Å². The molecule has 2 aromatic rings. The van der Waals surface area contributed by atoms with Gasteiger partial charge in [0.05, 0.1) is 25.1 Å². The summed E-state index contributed by atoms with van der Waals surface area (Å²) in [5, 5.41) is 0. The Morgan fingerprint density at radius 2 is 2.14 bits per heavy atom. The summed E-state index contributed by atoms with van der Waals surface area (Å²) in [6.45, 7) is 5.22. The molecule has 0 aromatic carbocycles. The summed E-state index contributed by atoms with van der Waals surface area (Å²) in [7, 11) is 0. The molecule has 2 aromatic heterocycles. The lowest BCUT2D eigenvalue weighted by Gasteiger charge is -2.34. The minimum absolute atomic E-state index is 0.148. The van der Waals surface area contributed by atoms with Gasteiger partial charge in [0.2, 0.25) is 0 Å². The molecule has 1 atom stereocenters. The summed E-state index contributed by atoms with van der Waals surface area (Å²) in [5.74, 6) is 0.588. The fourth-order valence-electron chi connectivity index (χ4n) is 2.33. The Morgan fingerprint density at radius 1 is 1.29 bits per heavy atom. The summed E-state index contributed by atoms with van der Waals surface area (Å²) in [6.07, 6.45) is 4.86. The first-order chi connectivity index (χ1) is 10.1. The molecule has 3 heterocycles. The maximum atomic E-state index is 12.6. The number of aryl methyl sites for hydroxylation is 2. The number of amides is 1. The monoisotopic (exact) mass is 287 g/mol. The Bertz CT molecular complexity index is 637. The molecule has 7 heteroatoms. The molecule has 0 aliphatic carbocycles. The third-order valence-electron chi connectivity index (χ3n) is 3.43. The smallest absolute Gasteiger partial charge is 0.274 e. The highest BCUT2D eigenvalue weighted by Crippen LogP contribution is 2.23. The number of rotatable bonds is 2. The maximum Gasteiger partial charge on any atom is 0.274 e. The van der Waals surface area contributed by atoms with E-state index >= 15 is 0 Å². The lowest BCUT2D eigenvalue weighted by atomic mass is 10.2. The van der Waals surface area contributed by atoms with Crippen LogP contribution in [0.15, 0.2) is 18.6 Å². The number of aromatic amines is 1. The van der Waals surface area contributed by atoms with E-state index in [4.69, 9.17) is 4.74 Å². The summed E-state index contributed by atoms with van der Waals surface area (Å²) in [5.41, 5.74) is 2.08. The van der Waals surface area contributed by atoms with Crippen molar-refractivity contribution in [3.05, 3.63) is 41.5 Å². The summed E-state index contributed by atoms with van der Waals surface area (Å²) in [4.78, 5) is 30.1. The normalized spacial score (nSPS) is 18.8. The number of hydrogen-bond donors (Lipinski definition) is 1. The zero-order valence-electron chi connectivity index (χ0n) is 12.0. The van der Waals surface area contributed by atoms with E-state index in [9.17, 15) is 4.79 Å². The molecule has 0 saturated carbocycles. The number of morpholine rings is 1. The van der Waals surface area contributed by atoms with Crippen molar-refractivity contribution in [3.8, 4) is 0 Å². The Morgan fingerprint density at radius 3 is 2.81 bits per heavy atom. The first kappa shape index (κ1) is 13.7. The zero-order valence-corrected chi connectivity index (χ0v) is 12.0. The number of H-pyrrole nitrogens is 1. The largest absolute Gasteiger partial charge is 0.377 e. The lowest BCUT2D eigenvalue weighted by molar-refractivity contribution is -0.00534. The van der Waals surface area contributed by atoms with E-state index in [1.165, 1.54) is 6.20 Å². The number of carbonyl (C=O) groups is 1. The van der Waals surface area contributed by atoms with Gasteiger partial charge in [0.15, 0.2) is 0 Å². The lowest BCUT2D eigenvalue weighted by Crippen LogP contribution is -2.44. The van der Waals surface area contributed by atoms with Gasteiger partial charge in [0.1, 0.15) is 17.6 Å². The summed E-state index contributed by atoms with van der Waals surface area (Å²) < 4.78 is 5.49. The van der Waals surface area contributed by atoms with Crippen LogP contribution in [-0.4, -0.2) is 50.5 Å². The van der Waals surface area contributed by atoms with Crippen LogP contribution in [0.3, 0.4) is 0 Å². The van der Waals surface area contributed by atoms with Crippen molar-refractivity contribution in [2.45, 2.75) is 19.9 Å². The van der Waals surface area contributed by atoms with E-state index < -0.39 is 0 Å². The number of nitrogens with one attached hydrogen (secondary N) is 1. The first-order valence-electron chi connectivity index (χ1n) is 6.84. The number of hydrogen-bond acceptors (Lipinski definition) is 5. The van der Waals surface area contributed by atoms with Crippen LogP contribution in [0.4, 0.5) is 0 Å². The molecule has 0 radical (unpaired) electrons. The van der Waals surface area contributed by atoms with E-state index in [-0.39, 0.29) is 11.9 Å². The average Bonchev–Trinajstić information content (AvgIpc) is 2.94. The van der Waals surface area contributed by atoms with Crippen LogP contribution in [0.5, 0.6) is 0 Å². The Labute approximate surface area is 122 Å². The van der Waals surface area contributed by atoms with Crippen LogP contribution in [0.1, 0.15) is 33.7 Å². The topological polar surface area (TPSA) is 84.0 Å². The number of nitrogens with zero attached hydrogens (tertiary/aromatic N) is 4. The molecule has 1 N–H and O–H groups in total. The Kier molecular flexibility index (Phi) is 3.66. The predicted molar refractivity (Wildman–Crippen MR) is 74.7 cm³/mol. The molecule has 1 aliphatic heterocycles. The Balaban J connectivity index is 1.87. The number of carbonyl (C=O) groups excluding carboxylic acids is 1. The van der Waals surface area contributed by atoms with Gasteiger partial charge in [0.25, 0.3) is 5.91 Å². The van der Waals surface area contributed by atoms with E-state index in [0.717, 1.165) is 17.2 Å². The molecule has 0 spiro atoms. The second-order valence-corrected chi connectivity index (χ2v) is 5.08. The van der Waals surface area contributed by atoms with Crippen LogP contribution < -0.4 is 0 Å². The fraction of sp³-hybridized carbons (Fsp3) is 0.429. The SMILES string of the molecule is Cc1cnc(C(=O)N2CCOCC2c2ncc(C)[nH]2)cn1. The third kappa shape index (κ3) is 2.78. The third-order valence-corrected chi connectivity index (χ3v) is 3.43. The van der Waals surface area contributed by atoms with Crippen molar-refractivity contribution in [3.63, 3.8) is 0 Å². The van der Waals surface area contributed by atoms with Crippen molar-refractivity contribution < 1.29 is 9.53 Å². The predicted octanol–water partition coefficient (Wildman–Crippen LogP) is 1.03. The highest BCUT2D eigenvalue weighted by molar-refractivity contribution is 5.92. The number of imidazole rings is 1. The van der Waals surface area contributed by atoms with Crippen molar-refractivity contribution in [1.29, 1.82) is 0 Å². The second kappa shape index (κ2) is 5.61. The highest BCUT2D eigenvalue weighted by Gasteiger charge is 2.31. The summed E-state index contributed by atoms with van der Waals surface area (Å²) >= 11 is 0. The van der Waals surface area contributed by atoms with Crippen molar-refractivity contribution in [2.24, 2.45) is 0 Å². The summed E-state index contributed by atoms with van der Waals surface area (Å²) in [6, 6.07) is -0.219. The van der Waals surface area contributed by atoms with Gasteiger partial charge in [-0.15, -0.1) is 0 Å².